The maximum Gasteiger partial charge on any atom is 0.343 e. The third-order valence-corrected chi connectivity index (χ3v) is 4.19. The first-order chi connectivity index (χ1) is 9.77. The largest absolute Gasteiger partial charge is 0.423 e. The van der Waals surface area contributed by atoms with E-state index in [9.17, 15) is 4.79 Å². The number of rotatable bonds is 2. The second-order valence-electron chi connectivity index (χ2n) is 6.13. The van der Waals surface area contributed by atoms with Gasteiger partial charge in [0.2, 0.25) is 0 Å². The van der Waals surface area contributed by atoms with Crippen LogP contribution in [0.5, 0.6) is 5.75 Å². The molecule has 21 heavy (non-hydrogen) atoms. The molecule has 2 nitrogen and oxygen atoms in total. The molecule has 2 rings (SSSR count). The lowest BCUT2D eigenvalue weighted by molar-refractivity contribution is 0.0734. The molecule has 0 aliphatic heterocycles. The second kappa shape index (κ2) is 6.02. The van der Waals surface area contributed by atoms with Gasteiger partial charge in [0.25, 0.3) is 0 Å². The minimum atomic E-state index is -0.348. The summed E-state index contributed by atoms with van der Waals surface area (Å²) in [6.07, 6.45) is 0. The van der Waals surface area contributed by atoms with E-state index in [2.05, 4.69) is 36.7 Å². The zero-order valence-corrected chi connectivity index (χ0v) is 14.3. The molecule has 0 unspecified atom stereocenters. The Kier molecular flexibility index (Phi) is 4.52. The maximum absolute atomic E-state index is 12.1. The van der Waals surface area contributed by atoms with Crippen LogP contribution >= 0.6 is 15.9 Å². The normalized spacial score (nSPS) is 11.3. The molecule has 0 fully saturated rings. The molecular weight excluding hydrogens is 328 g/mol. The first-order valence-electron chi connectivity index (χ1n) is 6.86. The van der Waals surface area contributed by atoms with E-state index in [0.29, 0.717) is 11.3 Å². The molecule has 2 aromatic carbocycles. The zero-order chi connectivity index (χ0) is 15.6. The highest BCUT2D eigenvalue weighted by Gasteiger charge is 2.14. The van der Waals surface area contributed by atoms with Crippen molar-refractivity contribution >= 4 is 21.9 Å². The Balaban J connectivity index is 2.14. The van der Waals surface area contributed by atoms with Gasteiger partial charge < -0.3 is 4.74 Å². The Morgan fingerprint density at radius 3 is 2.19 bits per heavy atom. The average molecular weight is 347 g/mol. The number of hydrogen-bond donors (Lipinski definition) is 0. The molecule has 110 valence electrons. The number of carbonyl (C=O) groups excluding carboxylic acids is 1. The molecule has 0 heterocycles. The summed E-state index contributed by atoms with van der Waals surface area (Å²) < 4.78 is 6.31. The lowest BCUT2D eigenvalue weighted by Crippen LogP contribution is -2.11. The van der Waals surface area contributed by atoms with E-state index in [0.717, 1.165) is 10.0 Å². The zero-order valence-electron chi connectivity index (χ0n) is 12.7. The summed E-state index contributed by atoms with van der Waals surface area (Å²) in [6.45, 7) is 8.43. The molecular formula is C18H19BrO2. The van der Waals surface area contributed by atoms with Crippen molar-refractivity contribution < 1.29 is 9.53 Å². The predicted octanol–water partition coefficient (Wildman–Crippen LogP) is 5.27. The van der Waals surface area contributed by atoms with Crippen molar-refractivity contribution in [1.82, 2.24) is 0 Å². The van der Waals surface area contributed by atoms with Gasteiger partial charge in [0.15, 0.2) is 0 Å². The molecule has 0 aromatic heterocycles. The Bertz CT molecular complexity index is 652. The summed E-state index contributed by atoms with van der Waals surface area (Å²) in [5.74, 6) is 0.212. The van der Waals surface area contributed by atoms with E-state index < -0.39 is 0 Å². The number of esters is 1. The van der Waals surface area contributed by atoms with Gasteiger partial charge in [0.1, 0.15) is 5.75 Å². The van der Waals surface area contributed by atoms with Crippen molar-refractivity contribution in [2.45, 2.75) is 33.1 Å². The van der Waals surface area contributed by atoms with Crippen LogP contribution in [0.4, 0.5) is 0 Å². The molecule has 0 amide bonds. The summed E-state index contributed by atoms with van der Waals surface area (Å²) in [5.41, 5.74) is 2.92. The number of hydrogen-bond acceptors (Lipinski definition) is 2. The van der Waals surface area contributed by atoms with Crippen LogP contribution in [0.1, 0.15) is 42.3 Å². The number of ether oxygens (including phenoxy) is 1. The van der Waals surface area contributed by atoms with Crippen molar-refractivity contribution in [2.75, 3.05) is 0 Å². The summed E-state index contributed by atoms with van der Waals surface area (Å²) in [7, 11) is 0. The van der Waals surface area contributed by atoms with Crippen LogP contribution in [0.25, 0.3) is 0 Å². The second-order valence-corrected chi connectivity index (χ2v) is 6.98. The number of aryl methyl sites for hydroxylation is 1. The molecule has 0 atom stereocenters. The van der Waals surface area contributed by atoms with Crippen LogP contribution in [-0.2, 0) is 5.41 Å². The number of benzene rings is 2. The Labute approximate surface area is 134 Å². The first-order valence-corrected chi connectivity index (χ1v) is 7.65. The maximum atomic E-state index is 12.1. The average Bonchev–Trinajstić information content (AvgIpc) is 2.41. The van der Waals surface area contributed by atoms with Crippen molar-refractivity contribution in [3.8, 4) is 5.75 Å². The monoisotopic (exact) mass is 346 g/mol. The number of carbonyl (C=O) groups is 1. The van der Waals surface area contributed by atoms with Crippen LogP contribution in [-0.4, -0.2) is 5.97 Å². The van der Waals surface area contributed by atoms with Gasteiger partial charge in [-0.15, -0.1) is 0 Å². The minimum Gasteiger partial charge on any atom is -0.423 e. The molecule has 0 bridgehead atoms. The van der Waals surface area contributed by atoms with Gasteiger partial charge in [0.05, 0.1) is 5.56 Å². The topological polar surface area (TPSA) is 26.3 Å². The van der Waals surface area contributed by atoms with Gasteiger partial charge in [-0.05, 0) is 47.7 Å². The lowest BCUT2D eigenvalue weighted by Gasteiger charge is -2.19. The summed E-state index contributed by atoms with van der Waals surface area (Å²) in [4.78, 5) is 12.1. The van der Waals surface area contributed by atoms with Crippen molar-refractivity contribution in [1.29, 1.82) is 0 Å². The third-order valence-electron chi connectivity index (χ3n) is 3.34. The molecule has 0 aliphatic rings. The molecule has 0 spiro atoms. The Hall–Kier alpha value is -1.61. The highest BCUT2D eigenvalue weighted by molar-refractivity contribution is 9.10. The highest BCUT2D eigenvalue weighted by atomic mass is 79.9. The van der Waals surface area contributed by atoms with Gasteiger partial charge >= 0.3 is 5.97 Å². The Morgan fingerprint density at radius 2 is 1.67 bits per heavy atom. The van der Waals surface area contributed by atoms with Gasteiger partial charge in [-0.3, -0.25) is 0 Å². The summed E-state index contributed by atoms with van der Waals surface area (Å²) in [6, 6.07) is 13.1. The van der Waals surface area contributed by atoms with E-state index in [1.165, 1.54) is 5.56 Å². The van der Waals surface area contributed by atoms with Crippen LogP contribution in [0.3, 0.4) is 0 Å². The summed E-state index contributed by atoms with van der Waals surface area (Å²) >= 11 is 3.42. The summed E-state index contributed by atoms with van der Waals surface area (Å²) in [5, 5.41) is 0. The quantitative estimate of drug-likeness (QED) is 0.546. The van der Waals surface area contributed by atoms with Gasteiger partial charge in [-0.25, -0.2) is 4.79 Å². The molecule has 0 radical (unpaired) electrons. The van der Waals surface area contributed by atoms with E-state index in [-0.39, 0.29) is 11.4 Å². The Morgan fingerprint density at radius 1 is 1.05 bits per heavy atom. The van der Waals surface area contributed by atoms with Gasteiger partial charge in [0, 0.05) is 4.47 Å². The van der Waals surface area contributed by atoms with E-state index in [4.69, 9.17) is 4.74 Å². The van der Waals surface area contributed by atoms with Crippen LogP contribution in [0, 0.1) is 6.92 Å². The van der Waals surface area contributed by atoms with Crippen molar-refractivity contribution in [3.63, 3.8) is 0 Å². The molecule has 0 aliphatic carbocycles. The molecule has 0 saturated carbocycles. The van der Waals surface area contributed by atoms with E-state index in [1.54, 1.807) is 12.1 Å². The van der Waals surface area contributed by atoms with Crippen LogP contribution in [0.15, 0.2) is 46.9 Å². The molecule has 3 heteroatoms. The smallest absolute Gasteiger partial charge is 0.343 e. The standard InChI is InChI=1S/C18H19BrO2/c1-12-5-6-13(11-16(12)19)17(20)21-15-9-7-14(8-10-15)18(2,3)4/h5-11H,1-4H3. The first kappa shape index (κ1) is 15.8. The molecule has 0 N–H and O–H groups in total. The lowest BCUT2D eigenvalue weighted by atomic mass is 9.87. The molecule has 2 aromatic rings. The van der Waals surface area contributed by atoms with Crippen LogP contribution < -0.4 is 4.74 Å². The van der Waals surface area contributed by atoms with Crippen molar-refractivity contribution in [2.24, 2.45) is 0 Å². The number of halogens is 1. The predicted molar refractivity (Wildman–Crippen MR) is 89.0 cm³/mol. The van der Waals surface area contributed by atoms with Gasteiger partial charge in [-0.2, -0.15) is 0 Å². The highest BCUT2D eigenvalue weighted by Crippen LogP contribution is 2.25. The van der Waals surface area contributed by atoms with Crippen molar-refractivity contribution in [3.05, 3.63) is 63.6 Å². The van der Waals surface area contributed by atoms with Crippen LogP contribution in [0.2, 0.25) is 0 Å². The fourth-order valence-electron chi connectivity index (χ4n) is 1.91. The SMILES string of the molecule is Cc1ccc(C(=O)Oc2ccc(C(C)(C)C)cc2)cc1Br. The molecule has 0 saturated heterocycles. The van der Waals surface area contributed by atoms with E-state index in [1.807, 2.05) is 37.3 Å². The minimum absolute atomic E-state index is 0.0877. The fourth-order valence-corrected chi connectivity index (χ4v) is 2.29. The third kappa shape index (κ3) is 3.94. The van der Waals surface area contributed by atoms with E-state index >= 15 is 0 Å². The fraction of sp³-hybridized carbons (Fsp3) is 0.278. The van der Waals surface area contributed by atoms with Gasteiger partial charge in [-0.1, -0.05) is 54.9 Å².